The molecule has 0 atom stereocenters. The fraction of sp³-hybridized carbons (Fsp3) is 0. The van der Waals surface area contributed by atoms with Crippen LogP contribution < -0.4 is 5.32 Å². The maximum absolute atomic E-state index is 13.6. The Morgan fingerprint density at radius 3 is 2.62 bits per heavy atom. The first-order valence-electron chi connectivity index (χ1n) is 5.83. The highest BCUT2D eigenvalue weighted by Gasteiger charge is 2.25. The molecule has 3 rings (SSSR count). The third-order valence-electron chi connectivity index (χ3n) is 2.74. The molecule has 106 valence electrons. The first-order chi connectivity index (χ1) is 10.0. The van der Waals surface area contributed by atoms with E-state index in [1.165, 1.54) is 24.3 Å². The quantitative estimate of drug-likeness (QED) is 0.862. The number of imide groups is 1. The number of hydrogen-bond acceptors (Lipinski definition) is 4. The Morgan fingerprint density at radius 1 is 1.14 bits per heavy atom. The molecule has 2 aromatic rings. The van der Waals surface area contributed by atoms with E-state index in [-0.39, 0.29) is 16.2 Å². The number of halogens is 2. The van der Waals surface area contributed by atoms with Gasteiger partial charge in [0.1, 0.15) is 23.2 Å². The summed E-state index contributed by atoms with van der Waals surface area (Å²) in [4.78, 5) is 22.6. The van der Waals surface area contributed by atoms with Gasteiger partial charge < -0.3 is 4.42 Å². The van der Waals surface area contributed by atoms with Crippen LogP contribution in [-0.4, -0.2) is 11.1 Å². The summed E-state index contributed by atoms with van der Waals surface area (Å²) in [6, 6.07) is 6.18. The van der Waals surface area contributed by atoms with Gasteiger partial charge in [0.15, 0.2) is 0 Å². The SMILES string of the molecule is O=C1NC(=O)/C(=C/c2ccc(-c3ccc(F)cc3F)o2)S1. The summed E-state index contributed by atoms with van der Waals surface area (Å²) < 4.78 is 31.9. The van der Waals surface area contributed by atoms with Crippen LogP contribution in [0.4, 0.5) is 13.6 Å². The number of furan rings is 1. The molecule has 0 aliphatic carbocycles. The van der Waals surface area contributed by atoms with Gasteiger partial charge in [0.05, 0.1) is 10.5 Å². The number of carbonyl (C=O) groups is 2. The highest BCUT2D eigenvalue weighted by Crippen LogP contribution is 2.29. The summed E-state index contributed by atoms with van der Waals surface area (Å²) in [7, 11) is 0. The van der Waals surface area contributed by atoms with Crippen LogP contribution in [0.5, 0.6) is 0 Å². The smallest absolute Gasteiger partial charge is 0.290 e. The van der Waals surface area contributed by atoms with E-state index in [4.69, 9.17) is 4.42 Å². The molecule has 0 spiro atoms. The number of thioether (sulfide) groups is 1. The Balaban J connectivity index is 1.92. The summed E-state index contributed by atoms with van der Waals surface area (Å²) >= 11 is 0.757. The van der Waals surface area contributed by atoms with Crippen LogP contribution >= 0.6 is 11.8 Å². The third-order valence-corrected chi connectivity index (χ3v) is 3.55. The predicted octanol–water partition coefficient (Wildman–Crippen LogP) is 3.55. The molecular weight excluding hydrogens is 300 g/mol. The van der Waals surface area contributed by atoms with Gasteiger partial charge in [-0.2, -0.15) is 0 Å². The summed E-state index contributed by atoms with van der Waals surface area (Å²) in [5, 5.41) is 1.66. The molecule has 1 aliphatic heterocycles. The van der Waals surface area contributed by atoms with Crippen LogP contribution in [0.3, 0.4) is 0 Å². The average Bonchev–Trinajstić information content (AvgIpc) is 2.97. The maximum atomic E-state index is 13.6. The van der Waals surface area contributed by atoms with Gasteiger partial charge in [0.25, 0.3) is 11.1 Å². The van der Waals surface area contributed by atoms with Crippen LogP contribution in [-0.2, 0) is 4.79 Å². The molecule has 1 aromatic heterocycles. The van der Waals surface area contributed by atoms with Crippen molar-refractivity contribution in [3.63, 3.8) is 0 Å². The Labute approximate surface area is 121 Å². The number of rotatable bonds is 2. The van der Waals surface area contributed by atoms with Crippen molar-refractivity contribution in [3.8, 4) is 11.3 Å². The molecule has 0 radical (unpaired) electrons. The van der Waals surface area contributed by atoms with E-state index in [1.54, 1.807) is 0 Å². The largest absolute Gasteiger partial charge is 0.457 e. The van der Waals surface area contributed by atoms with Crippen LogP contribution in [0.2, 0.25) is 0 Å². The van der Waals surface area contributed by atoms with Crippen molar-refractivity contribution in [1.82, 2.24) is 5.32 Å². The second-order valence-electron chi connectivity index (χ2n) is 4.18. The topological polar surface area (TPSA) is 59.3 Å². The van der Waals surface area contributed by atoms with Crippen molar-refractivity contribution < 1.29 is 22.8 Å². The Morgan fingerprint density at radius 2 is 1.95 bits per heavy atom. The highest BCUT2D eigenvalue weighted by molar-refractivity contribution is 8.18. The molecule has 2 amide bonds. The summed E-state index contributed by atoms with van der Waals surface area (Å²) in [5.41, 5.74) is 0.112. The lowest BCUT2D eigenvalue weighted by Gasteiger charge is -1.99. The van der Waals surface area contributed by atoms with E-state index >= 15 is 0 Å². The van der Waals surface area contributed by atoms with E-state index in [1.807, 2.05) is 0 Å². The van der Waals surface area contributed by atoms with Crippen LogP contribution in [0.15, 0.2) is 39.7 Å². The number of hydrogen-bond donors (Lipinski definition) is 1. The van der Waals surface area contributed by atoms with E-state index in [0.29, 0.717) is 5.76 Å². The molecule has 4 nitrogen and oxygen atoms in total. The fourth-order valence-electron chi connectivity index (χ4n) is 1.81. The molecule has 1 fully saturated rings. The number of benzene rings is 1. The minimum absolute atomic E-state index is 0.112. The van der Waals surface area contributed by atoms with Crippen LogP contribution in [0.1, 0.15) is 5.76 Å². The Hall–Kier alpha value is -2.41. The van der Waals surface area contributed by atoms with Gasteiger partial charge in [0.2, 0.25) is 0 Å². The van der Waals surface area contributed by atoms with Gasteiger partial charge in [0, 0.05) is 12.1 Å². The third kappa shape index (κ3) is 2.73. The predicted molar refractivity (Wildman–Crippen MR) is 73.2 cm³/mol. The molecule has 1 N–H and O–H groups in total. The van der Waals surface area contributed by atoms with Gasteiger partial charge in [-0.05, 0) is 36.0 Å². The Kier molecular flexibility index (Phi) is 3.34. The van der Waals surface area contributed by atoms with Crippen molar-refractivity contribution >= 4 is 29.0 Å². The molecule has 1 saturated heterocycles. The van der Waals surface area contributed by atoms with Gasteiger partial charge >= 0.3 is 0 Å². The zero-order valence-electron chi connectivity index (χ0n) is 10.4. The lowest BCUT2D eigenvalue weighted by Crippen LogP contribution is -2.17. The van der Waals surface area contributed by atoms with Gasteiger partial charge in [-0.1, -0.05) is 0 Å². The second-order valence-corrected chi connectivity index (χ2v) is 5.19. The molecule has 0 bridgehead atoms. The van der Waals surface area contributed by atoms with Crippen molar-refractivity contribution in [3.05, 3.63) is 52.6 Å². The number of nitrogens with one attached hydrogen (secondary N) is 1. The van der Waals surface area contributed by atoms with Crippen LogP contribution in [0, 0.1) is 11.6 Å². The summed E-state index contributed by atoms with van der Waals surface area (Å²) in [6.45, 7) is 0. The molecule has 21 heavy (non-hydrogen) atoms. The first kappa shape index (κ1) is 13.6. The van der Waals surface area contributed by atoms with Crippen molar-refractivity contribution in [2.24, 2.45) is 0 Å². The standard InChI is InChI=1S/C14H7F2NO3S/c15-7-1-3-9(10(16)5-7)11-4-2-8(20-11)6-12-13(18)17-14(19)21-12/h1-6H,(H,17,18,19)/b12-6-. The van der Waals surface area contributed by atoms with Crippen molar-refractivity contribution in [2.45, 2.75) is 0 Å². The second kappa shape index (κ2) is 5.17. The van der Waals surface area contributed by atoms with Gasteiger partial charge in [-0.3, -0.25) is 14.9 Å². The highest BCUT2D eigenvalue weighted by atomic mass is 32.2. The van der Waals surface area contributed by atoms with Crippen molar-refractivity contribution in [2.75, 3.05) is 0 Å². The minimum Gasteiger partial charge on any atom is -0.457 e. The minimum atomic E-state index is -0.744. The van der Waals surface area contributed by atoms with E-state index in [9.17, 15) is 18.4 Å². The summed E-state index contributed by atoms with van der Waals surface area (Å²) in [6.07, 6.45) is 1.38. The van der Waals surface area contributed by atoms with E-state index in [2.05, 4.69) is 5.32 Å². The normalized spacial score (nSPS) is 16.6. The monoisotopic (exact) mass is 307 g/mol. The average molecular weight is 307 g/mol. The molecule has 7 heteroatoms. The lowest BCUT2D eigenvalue weighted by molar-refractivity contribution is -0.115. The molecule has 2 heterocycles. The maximum Gasteiger partial charge on any atom is 0.290 e. The van der Waals surface area contributed by atoms with E-state index in [0.717, 1.165) is 23.9 Å². The zero-order chi connectivity index (χ0) is 15.0. The van der Waals surface area contributed by atoms with Gasteiger partial charge in [-0.15, -0.1) is 0 Å². The molecule has 1 aliphatic rings. The summed E-state index contributed by atoms with van der Waals surface area (Å²) in [5.74, 6) is -1.43. The number of carbonyl (C=O) groups excluding carboxylic acids is 2. The molecular formula is C14H7F2NO3S. The Bertz CT molecular complexity index is 782. The fourth-order valence-corrected chi connectivity index (χ4v) is 2.48. The molecule has 1 aromatic carbocycles. The number of amides is 2. The van der Waals surface area contributed by atoms with Crippen LogP contribution in [0.25, 0.3) is 17.4 Å². The molecule has 0 saturated carbocycles. The zero-order valence-corrected chi connectivity index (χ0v) is 11.2. The van der Waals surface area contributed by atoms with Gasteiger partial charge in [-0.25, -0.2) is 8.78 Å². The first-order valence-corrected chi connectivity index (χ1v) is 6.65. The van der Waals surface area contributed by atoms with E-state index < -0.39 is 22.8 Å². The van der Waals surface area contributed by atoms with Crippen molar-refractivity contribution in [1.29, 1.82) is 0 Å². The molecule has 0 unspecified atom stereocenters. The lowest BCUT2D eigenvalue weighted by atomic mass is 10.1.